The lowest BCUT2D eigenvalue weighted by Crippen LogP contribution is -2.35. The van der Waals surface area contributed by atoms with Gasteiger partial charge in [-0.2, -0.15) is 11.3 Å². The Balaban J connectivity index is 2.18. The molecule has 1 amide bonds. The van der Waals surface area contributed by atoms with E-state index in [1.54, 1.807) is 18.4 Å². The van der Waals surface area contributed by atoms with Crippen molar-refractivity contribution in [1.82, 2.24) is 10.2 Å². The molecule has 1 aromatic carbocycles. The molecule has 0 spiro atoms. The minimum Gasteiger partial charge on any atom is -0.497 e. The summed E-state index contributed by atoms with van der Waals surface area (Å²) < 4.78 is 5.19. The topological polar surface area (TPSA) is 41.6 Å². The Bertz CT molecular complexity index is 620. The smallest absolute Gasteiger partial charge is 0.252 e. The standard InChI is InChI=1S/C17H22N2O2S/c1-12-10-22-11-15(12)17(20)18-16(9-19(2)3)13-5-7-14(21-4)8-6-13/h5-8,10-11,16H,9H2,1-4H3,(H,18,20). The number of aryl methyl sites for hydroxylation is 1. The van der Waals surface area contributed by atoms with Crippen LogP contribution in [0, 0.1) is 6.92 Å². The molecule has 0 saturated heterocycles. The summed E-state index contributed by atoms with van der Waals surface area (Å²) in [6, 6.07) is 7.76. The van der Waals surface area contributed by atoms with E-state index >= 15 is 0 Å². The second-order valence-corrected chi connectivity index (χ2v) is 6.27. The van der Waals surface area contributed by atoms with Crippen molar-refractivity contribution < 1.29 is 9.53 Å². The fraction of sp³-hybridized carbons (Fsp3) is 0.353. The quantitative estimate of drug-likeness (QED) is 0.890. The Labute approximate surface area is 135 Å². The molecular weight excluding hydrogens is 296 g/mol. The Morgan fingerprint density at radius 2 is 1.95 bits per heavy atom. The molecule has 118 valence electrons. The second kappa shape index (κ2) is 7.42. The monoisotopic (exact) mass is 318 g/mol. The van der Waals surface area contributed by atoms with Crippen molar-refractivity contribution in [2.75, 3.05) is 27.7 Å². The largest absolute Gasteiger partial charge is 0.497 e. The van der Waals surface area contributed by atoms with Crippen molar-refractivity contribution in [3.8, 4) is 5.75 Å². The highest BCUT2D eigenvalue weighted by molar-refractivity contribution is 7.08. The first kappa shape index (κ1) is 16.5. The number of hydrogen-bond acceptors (Lipinski definition) is 4. The number of nitrogens with one attached hydrogen (secondary N) is 1. The lowest BCUT2D eigenvalue weighted by atomic mass is 10.1. The first-order valence-electron chi connectivity index (χ1n) is 7.13. The van der Waals surface area contributed by atoms with Crippen LogP contribution in [0.15, 0.2) is 35.0 Å². The summed E-state index contributed by atoms with van der Waals surface area (Å²) in [5.41, 5.74) is 2.83. The number of carbonyl (C=O) groups excluding carboxylic acids is 1. The number of ether oxygens (including phenoxy) is 1. The molecule has 1 N–H and O–H groups in total. The summed E-state index contributed by atoms with van der Waals surface area (Å²) in [6.45, 7) is 2.70. The van der Waals surface area contributed by atoms with Crippen LogP contribution in [0.2, 0.25) is 0 Å². The Kier molecular flexibility index (Phi) is 5.57. The van der Waals surface area contributed by atoms with Crippen LogP contribution in [0.5, 0.6) is 5.75 Å². The zero-order chi connectivity index (χ0) is 16.1. The van der Waals surface area contributed by atoms with Gasteiger partial charge in [-0.15, -0.1) is 0 Å². The molecule has 1 heterocycles. The summed E-state index contributed by atoms with van der Waals surface area (Å²) in [6.07, 6.45) is 0. The Morgan fingerprint density at radius 3 is 2.45 bits per heavy atom. The normalized spacial score (nSPS) is 12.2. The molecular formula is C17H22N2O2S. The van der Waals surface area contributed by atoms with Crippen molar-refractivity contribution in [3.05, 3.63) is 51.7 Å². The molecule has 22 heavy (non-hydrogen) atoms. The zero-order valence-corrected chi connectivity index (χ0v) is 14.2. The molecule has 0 radical (unpaired) electrons. The number of benzene rings is 1. The van der Waals surface area contributed by atoms with Gasteiger partial charge >= 0.3 is 0 Å². The van der Waals surface area contributed by atoms with E-state index in [2.05, 4.69) is 10.2 Å². The molecule has 0 aliphatic carbocycles. The predicted octanol–water partition coefficient (Wildman–Crippen LogP) is 3.10. The van der Waals surface area contributed by atoms with Gasteiger partial charge < -0.3 is 15.0 Å². The summed E-state index contributed by atoms with van der Waals surface area (Å²) in [4.78, 5) is 14.5. The van der Waals surface area contributed by atoms with E-state index < -0.39 is 0 Å². The van der Waals surface area contributed by atoms with Crippen LogP contribution >= 0.6 is 11.3 Å². The number of hydrogen-bond donors (Lipinski definition) is 1. The first-order valence-corrected chi connectivity index (χ1v) is 8.08. The molecule has 2 rings (SSSR count). The number of amides is 1. The van der Waals surface area contributed by atoms with Crippen LogP contribution in [0.3, 0.4) is 0 Å². The van der Waals surface area contributed by atoms with Gasteiger partial charge in [0.2, 0.25) is 0 Å². The van der Waals surface area contributed by atoms with Gasteiger partial charge in [-0.05, 0) is 49.7 Å². The molecule has 1 atom stereocenters. The van der Waals surface area contributed by atoms with Crippen molar-refractivity contribution >= 4 is 17.2 Å². The minimum absolute atomic E-state index is 0.0265. The van der Waals surface area contributed by atoms with Gasteiger partial charge in [0, 0.05) is 11.9 Å². The number of rotatable bonds is 6. The van der Waals surface area contributed by atoms with E-state index in [1.165, 1.54) is 0 Å². The van der Waals surface area contributed by atoms with Crippen molar-refractivity contribution in [3.63, 3.8) is 0 Å². The van der Waals surface area contributed by atoms with Gasteiger partial charge in [0.1, 0.15) is 5.75 Å². The first-order chi connectivity index (χ1) is 10.5. The van der Waals surface area contributed by atoms with Crippen molar-refractivity contribution in [2.24, 2.45) is 0 Å². The number of likely N-dealkylation sites (N-methyl/N-ethyl adjacent to an activating group) is 1. The van der Waals surface area contributed by atoms with E-state index in [4.69, 9.17) is 4.74 Å². The maximum Gasteiger partial charge on any atom is 0.252 e. The van der Waals surface area contributed by atoms with Crippen LogP contribution in [-0.4, -0.2) is 38.6 Å². The molecule has 2 aromatic rings. The fourth-order valence-electron chi connectivity index (χ4n) is 2.26. The van der Waals surface area contributed by atoms with E-state index in [0.717, 1.165) is 29.0 Å². The fourth-order valence-corrected chi connectivity index (χ4v) is 3.09. The average Bonchev–Trinajstić information content (AvgIpc) is 2.92. The average molecular weight is 318 g/mol. The Hall–Kier alpha value is -1.85. The summed E-state index contributed by atoms with van der Waals surface area (Å²) in [5.74, 6) is 0.786. The highest BCUT2D eigenvalue weighted by Crippen LogP contribution is 2.20. The molecule has 0 fully saturated rings. The SMILES string of the molecule is COc1ccc(C(CN(C)C)NC(=O)c2cscc2C)cc1. The minimum atomic E-state index is -0.0623. The third kappa shape index (κ3) is 4.08. The number of thiophene rings is 1. The summed E-state index contributed by atoms with van der Waals surface area (Å²) in [7, 11) is 5.64. The van der Waals surface area contributed by atoms with E-state index in [-0.39, 0.29) is 11.9 Å². The van der Waals surface area contributed by atoms with Crippen LogP contribution in [-0.2, 0) is 0 Å². The lowest BCUT2D eigenvalue weighted by molar-refractivity contribution is 0.0930. The predicted molar refractivity (Wildman–Crippen MR) is 90.8 cm³/mol. The molecule has 1 aromatic heterocycles. The van der Waals surface area contributed by atoms with Gasteiger partial charge in [0.05, 0.1) is 18.7 Å². The van der Waals surface area contributed by atoms with E-state index in [1.807, 2.05) is 56.0 Å². The molecule has 4 nitrogen and oxygen atoms in total. The maximum absolute atomic E-state index is 12.5. The number of methoxy groups -OCH3 is 1. The van der Waals surface area contributed by atoms with Gasteiger partial charge in [-0.1, -0.05) is 12.1 Å². The maximum atomic E-state index is 12.5. The van der Waals surface area contributed by atoms with E-state index in [0.29, 0.717) is 0 Å². The van der Waals surface area contributed by atoms with Crippen LogP contribution in [0.1, 0.15) is 27.5 Å². The van der Waals surface area contributed by atoms with Gasteiger partial charge in [-0.25, -0.2) is 0 Å². The highest BCUT2D eigenvalue weighted by Gasteiger charge is 2.18. The van der Waals surface area contributed by atoms with Crippen LogP contribution in [0.4, 0.5) is 0 Å². The van der Waals surface area contributed by atoms with Crippen LogP contribution in [0.25, 0.3) is 0 Å². The van der Waals surface area contributed by atoms with Gasteiger partial charge in [0.15, 0.2) is 0 Å². The molecule has 5 heteroatoms. The third-order valence-electron chi connectivity index (χ3n) is 3.47. The third-order valence-corrected chi connectivity index (χ3v) is 4.33. The molecule has 0 saturated carbocycles. The van der Waals surface area contributed by atoms with Crippen molar-refractivity contribution in [2.45, 2.75) is 13.0 Å². The van der Waals surface area contributed by atoms with E-state index in [9.17, 15) is 4.79 Å². The van der Waals surface area contributed by atoms with Crippen LogP contribution < -0.4 is 10.1 Å². The number of carbonyl (C=O) groups is 1. The van der Waals surface area contributed by atoms with Crippen molar-refractivity contribution in [1.29, 1.82) is 0 Å². The zero-order valence-electron chi connectivity index (χ0n) is 13.4. The molecule has 0 bridgehead atoms. The second-order valence-electron chi connectivity index (χ2n) is 5.53. The Morgan fingerprint density at radius 1 is 1.27 bits per heavy atom. The molecule has 0 aliphatic rings. The molecule has 1 unspecified atom stereocenters. The lowest BCUT2D eigenvalue weighted by Gasteiger charge is -2.23. The highest BCUT2D eigenvalue weighted by atomic mass is 32.1. The van der Waals surface area contributed by atoms with Gasteiger partial charge in [0.25, 0.3) is 5.91 Å². The summed E-state index contributed by atoms with van der Waals surface area (Å²) in [5, 5.41) is 7.01. The summed E-state index contributed by atoms with van der Waals surface area (Å²) >= 11 is 1.55. The number of nitrogens with zero attached hydrogens (tertiary/aromatic N) is 1. The molecule has 0 aliphatic heterocycles. The van der Waals surface area contributed by atoms with Gasteiger partial charge in [-0.3, -0.25) is 4.79 Å².